The molecular weight excluding hydrogens is 438 g/mol. The van der Waals surface area contributed by atoms with E-state index in [1.165, 1.54) is 22.3 Å². The molecule has 0 fully saturated rings. The quantitative estimate of drug-likeness (QED) is 0.251. The van der Waals surface area contributed by atoms with E-state index in [1.807, 2.05) is 0 Å². The third-order valence-corrected chi connectivity index (χ3v) is 8.14. The summed E-state index contributed by atoms with van der Waals surface area (Å²) in [6, 6.07) is 37.1. The third kappa shape index (κ3) is 4.04. The van der Waals surface area contributed by atoms with E-state index in [2.05, 4.69) is 136 Å². The molecule has 0 aliphatic carbocycles. The zero-order chi connectivity index (χ0) is 25.2. The second-order valence-electron chi connectivity index (χ2n) is 9.82. The SMILES string of the molecule is CCC1(CC)OC(CC)(CC)c2cc(-c3cccc(N(c4ccccc4)c4ccccc4)c3)ccc21. The molecule has 0 radical (unpaired) electrons. The van der Waals surface area contributed by atoms with Crippen molar-refractivity contribution in [1.82, 2.24) is 0 Å². The van der Waals surface area contributed by atoms with Gasteiger partial charge in [0.15, 0.2) is 0 Å². The molecule has 36 heavy (non-hydrogen) atoms. The molecule has 4 aromatic rings. The fourth-order valence-electron chi connectivity index (χ4n) is 5.96. The van der Waals surface area contributed by atoms with Crippen LogP contribution in [0.4, 0.5) is 17.1 Å². The maximum absolute atomic E-state index is 6.96. The van der Waals surface area contributed by atoms with Crippen LogP contribution in [0.5, 0.6) is 0 Å². The summed E-state index contributed by atoms with van der Waals surface area (Å²) in [7, 11) is 0. The average Bonchev–Trinajstić information content (AvgIpc) is 3.25. The predicted molar refractivity (Wildman–Crippen MR) is 152 cm³/mol. The summed E-state index contributed by atoms with van der Waals surface area (Å²) in [5, 5.41) is 0. The second kappa shape index (κ2) is 9.95. The molecule has 0 atom stereocenters. The molecule has 0 saturated carbocycles. The maximum Gasteiger partial charge on any atom is 0.0942 e. The van der Waals surface area contributed by atoms with Crippen LogP contribution in [-0.4, -0.2) is 0 Å². The first kappa shape index (κ1) is 24.3. The summed E-state index contributed by atoms with van der Waals surface area (Å²) in [6.07, 6.45) is 3.96. The summed E-state index contributed by atoms with van der Waals surface area (Å²) in [6.45, 7) is 9.04. The Hall–Kier alpha value is -3.36. The van der Waals surface area contributed by atoms with Crippen LogP contribution in [0.3, 0.4) is 0 Å². The van der Waals surface area contributed by atoms with Crippen LogP contribution < -0.4 is 4.90 Å². The van der Waals surface area contributed by atoms with E-state index in [9.17, 15) is 0 Å². The number of fused-ring (bicyclic) bond motifs is 1. The van der Waals surface area contributed by atoms with Gasteiger partial charge in [0.25, 0.3) is 0 Å². The molecule has 0 amide bonds. The normalized spacial score (nSPS) is 15.4. The minimum atomic E-state index is -0.213. The standard InChI is InChI=1S/C34H37NO/c1-5-33(6-2)31-23-22-27(25-32(31)34(7-3,8-4)36-33)26-16-15-21-30(24-26)35(28-17-11-9-12-18-28)29-19-13-10-14-20-29/h9-25H,5-8H2,1-4H3. The van der Waals surface area contributed by atoms with Gasteiger partial charge in [-0.2, -0.15) is 0 Å². The van der Waals surface area contributed by atoms with E-state index in [4.69, 9.17) is 4.74 Å². The summed E-state index contributed by atoms with van der Waals surface area (Å²) in [4.78, 5) is 2.32. The molecule has 0 aromatic heterocycles. The van der Waals surface area contributed by atoms with Crippen molar-refractivity contribution in [2.45, 2.75) is 64.6 Å². The molecular formula is C34H37NO. The third-order valence-electron chi connectivity index (χ3n) is 8.14. The number of hydrogen-bond donors (Lipinski definition) is 0. The van der Waals surface area contributed by atoms with Crippen molar-refractivity contribution in [1.29, 1.82) is 0 Å². The van der Waals surface area contributed by atoms with Gasteiger partial charge in [0.2, 0.25) is 0 Å². The Kier molecular flexibility index (Phi) is 6.73. The Labute approximate surface area is 216 Å². The second-order valence-corrected chi connectivity index (χ2v) is 9.82. The highest BCUT2D eigenvalue weighted by molar-refractivity contribution is 5.80. The summed E-state index contributed by atoms with van der Waals surface area (Å²) in [5.41, 5.74) is 8.27. The summed E-state index contributed by atoms with van der Waals surface area (Å²) >= 11 is 0. The van der Waals surface area contributed by atoms with Crippen molar-refractivity contribution in [3.05, 3.63) is 114 Å². The molecule has 2 nitrogen and oxygen atoms in total. The zero-order valence-corrected chi connectivity index (χ0v) is 22.0. The minimum Gasteiger partial charge on any atom is -0.359 e. The molecule has 5 rings (SSSR count). The highest BCUT2D eigenvalue weighted by atomic mass is 16.5. The van der Waals surface area contributed by atoms with E-state index in [-0.39, 0.29) is 11.2 Å². The van der Waals surface area contributed by atoms with Gasteiger partial charge in [0, 0.05) is 17.1 Å². The highest BCUT2D eigenvalue weighted by Crippen LogP contribution is 2.54. The Morgan fingerprint density at radius 3 is 1.56 bits per heavy atom. The van der Waals surface area contributed by atoms with Crippen LogP contribution in [0.15, 0.2) is 103 Å². The molecule has 0 bridgehead atoms. The number of anilines is 3. The van der Waals surface area contributed by atoms with Gasteiger partial charge in [-0.3, -0.25) is 0 Å². The number of ether oxygens (including phenoxy) is 1. The van der Waals surface area contributed by atoms with Crippen molar-refractivity contribution >= 4 is 17.1 Å². The van der Waals surface area contributed by atoms with Crippen LogP contribution in [0.1, 0.15) is 64.5 Å². The van der Waals surface area contributed by atoms with E-state index in [0.717, 1.165) is 42.7 Å². The van der Waals surface area contributed by atoms with Gasteiger partial charge in [-0.1, -0.05) is 88.4 Å². The van der Waals surface area contributed by atoms with Crippen LogP contribution >= 0.6 is 0 Å². The Morgan fingerprint density at radius 1 is 0.500 bits per heavy atom. The van der Waals surface area contributed by atoms with Gasteiger partial charge in [0.05, 0.1) is 11.2 Å². The lowest BCUT2D eigenvalue weighted by Gasteiger charge is -2.34. The number of benzene rings is 4. The van der Waals surface area contributed by atoms with E-state index in [0.29, 0.717) is 0 Å². The molecule has 1 aliphatic rings. The van der Waals surface area contributed by atoms with Crippen molar-refractivity contribution < 1.29 is 4.74 Å². The molecule has 1 aliphatic heterocycles. The van der Waals surface area contributed by atoms with Crippen molar-refractivity contribution in [3.63, 3.8) is 0 Å². The van der Waals surface area contributed by atoms with Gasteiger partial charge in [-0.15, -0.1) is 0 Å². The number of para-hydroxylation sites is 2. The number of rotatable bonds is 8. The molecule has 1 heterocycles. The van der Waals surface area contributed by atoms with Gasteiger partial charge in [0.1, 0.15) is 0 Å². The molecule has 4 aromatic carbocycles. The fourth-order valence-corrected chi connectivity index (χ4v) is 5.96. The first-order valence-corrected chi connectivity index (χ1v) is 13.5. The molecule has 0 unspecified atom stereocenters. The molecule has 0 N–H and O–H groups in total. The Bertz CT molecular complexity index is 1260. The van der Waals surface area contributed by atoms with Crippen molar-refractivity contribution in [3.8, 4) is 11.1 Å². The lowest BCUT2D eigenvalue weighted by molar-refractivity contribution is -0.151. The topological polar surface area (TPSA) is 12.5 Å². The van der Waals surface area contributed by atoms with Crippen molar-refractivity contribution in [2.75, 3.05) is 4.90 Å². The van der Waals surface area contributed by atoms with Crippen LogP contribution in [0.25, 0.3) is 11.1 Å². The van der Waals surface area contributed by atoms with Gasteiger partial charge >= 0.3 is 0 Å². The Balaban J connectivity index is 1.62. The zero-order valence-electron chi connectivity index (χ0n) is 22.0. The lowest BCUT2D eigenvalue weighted by Crippen LogP contribution is -2.31. The van der Waals surface area contributed by atoms with E-state index >= 15 is 0 Å². The molecule has 2 heteroatoms. The minimum absolute atomic E-state index is 0.181. The largest absolute Gasteiger partial charge is 0.359 e. The van der Waals surface area contributed by atoms with Gasteiger partial charge in [-0.25, -0.2) is 0 Å². The maximum atomic E-state index is 6.96. The molecule has 184 valence electrons. The van der Waals surface area contributed by atoms with Gasteiger partial charge < -0.3 is 9.64 Å². The Morgan fingerprint density at radius 2 is 1.00 bits per heavy atom. The lowest BCUT2D eigenvalue weighted by atomic mass is 9.81. The fraction of sp³-hybridized carbons (Fsp3) is 0.294. The van der Waals surface area contributed by atoms with Gasteiger partial charge in [-0.05, 0) is 90.4 Å². The predicted octanol–water partition coefficient (Wildman–Crippen LogP) is 9.88. The number of nitrogens with zero attached hydrogens (tertiary/aromatic N) is 1. The average molecular weight is 476 g/mol. The number of hydrogen-bond acceptors (Lipinski definition) is 2. The first-order valence-electron chi connectivity index (χ1n) is 13.5. The van der Waals surface area contributed by atoms with Crippen LogP contribution in [0.2, 0.25) is 0 Å². The molecule has 0 saturated heterocycles. The molecule has 0 spiro atoms. The first-order chi connectivity index (χ1) is 17.6. The van der Waals surface area contributed by atoms with E-state index in [1.54, 1.807) is 0 Å². The van der Waals surface area contributed by atoms with E-state index < -0.39 is 0 Å². The monoisotopic (exact) mass is 475 g/mol. The van der Waals surface area contributed by atoms with Crippen LogP contribution in [0, 0.1) is 0 Å². The highest BCUT2D eigenvalue weighted by Gasteiger charge is 2.49. The van der Waals surface area contributed by atoms with Crippen LogP contribution in [-0.2, 0) is 15.9 Å². The summed E-state index contributed by atoms with van der Waals surface area (Å²) in [5.74, 6) is 0. The smallest absolute Gasteiger partial charge is 0.0942 e. The van der Waals surface area contributed by atoms with Crippen molar-refractivity contribution in [2.24, 2.45) is 0 Å². The summed E-state index contributed by atoms with van der Waals surface area (Å²) < 4.78 is 6.96.